The molecule has 0 saturated carbocycles. The monoisotopic (exact) mass is 176 g/mol. The van der Waals surface area contributed by atoms with Crippen molar-refractivity contribution in [2.24, 2.45) is 0 Å². The van der Waals surface area contributed by atoms with Crippen LogP contribution in [0.2, 0.25) is 0 Å². The zero-order valence-electron chi connectivity index (χ0n) is 8.66. The molecule has 0 aliphatic heterocycles. The molecule has 0 aromatic heterocycles. The maximum absolute atomic E-state index is 9.75. The minimum Gasteiger partial charge on any atom is -1.00 e. The summed E-state index contributed by atoms with van der Waals surface area (Å²) in [4.78, 5) is 9.75. The predicted molar refractivity (Wildman–Crippen MR) is 33.8 cm³/mol. The van der Waals surface area contributed by atoms with Crippen LogP contribution in [0.4, 0.5) is 0 Å². The number of rotatable bonds is 2. The van der Waals surface area contributed by atoms with Gasteiger partial charge in [-0.3, -0.25) is 0 Å². The Morgan fingerprint density at radius 2 is 2.00 bits per heavy atom. The van der Waals surface area contributed by atoms with Crippen molar-refractivity contribution in [2.45, 2.75) is 6.92 Å². The van der Waals surface area contributed by atoms with Crippen LogP contribution in [0.3, 0.4) is 0 Å². The number of carbonyl (C=O) groups is 1. The molecule has 0 saturated heterocycles. The molecule has 0 atom stereocenters. The van der Waals surface area contributed by atoms with Gasteiger partial charge >= 0.3 is 86.9 Å². The number of carboxylic acid groups (broad SMARTS) is 1. The fourth-order valence-corrected chi connectivity index (χ4v) is 0.249. The van der Waals surface area contributed by atoms with Gasteiger partial charge in [-0.15, -0.1) is 0 Å². The first-order valence-electron chi connectivity index (χ1n) is 2.29. The summed E-state index contributed by atoms with van der Waals surface area (Å²) in [5.74, 6) is -0.914. The quantitative estimate of drug-likeness (QED) is 0.261. The van der Waals surface area contributed by atoms with Gasteiger partial charge in [0.2, 0.25) is 0 Å². The molecule has 1 N–H and O–H groups in total. The molecule has 0 aliphatic rings. The summed E-state index contributed by atoms with van der Waals surface area (Å²) < 4.78 is 0. The molecule has 0 bridgehead atoms. The molecule has 0 aliphatic carbocycles. The number of hydrogen-bond donors (Lipinski definition) is 1. The van der Waals surface area contributed by atoms with E-state index in [4.69, 9.17) is 5.11 Å². The van der Waals surface area contributed by atoms with Crippen molar-refractivity contribution >= 4 is 5.97 Å². The van der Waals surface area contributed by atoms with Crippen LogP contribution < -0.4 is 80.9 Å². The van der Waals surface area contributed by atoms with E-state index < -0.39 is 5.97 Å². The molecule has 10 heavy (non-hydrogen) atoms. The van der Waals surface area contributed by atoms with E-state index >= 15 is 0 Å². The van der Waals surface area contributed by atoms with Gasteiger partial charge in [0.05, 0.1) is 0 Å². The van der Waals surface area contributed by atoms with Crippen molar-refractivity contribution in [3.05, 3.63) is 24.3 Å². The Balaban J connectivity index is -0.0000000408. The smallest absolute Gasteiger partial charge is 1.00 e. The van der Waals surface area contributed by atoms with Gasteiger partial charge in [-0.25, -0.2) is 4.79 Å². The van der Waals surface area contributed by atoms with Crippen LogP contribution in [0.5, 0.6) is 0 Å². The molecule has 0 heterocycles. The Kier molecular flexibility index (Phi) is 23.2. The van der Waals surface area contributed by atoms with Crippen LogP contribution in [0.25, 0.3) is 0 Å². The summed E-state index contributed by atoms with van der Waals surface area (Å²) in [5.41, 5.74) is 0. The molecular formula is C6H10KNaO2. The first-order valence-corrected chi connectivity index (χ1v) is 2.29. The van der Waals surface area contributed by atoms with E-state index in [0.29, 0.717) is 0 Å². The molecule has 0 rings (SSSR count). The fourth-order valence-electron chi connectivity index (χ4n) is 0.249. The Morgan fingerprint density at radius 3 is 2.30 bits per heavy atom. The van der Waals surface area contributed by atoms with Crippen molar-refractivity contribution < 1.29 is 93.7 Å². The van der Waals surface area contributed by atoms with Gasteiger partial charge in [-0.05, 0) is 6.92 Å². The number of aliphatic carboxylic acids is 1. The van der Waals surface area contributed by atoms with Gasteiger partial charge in [0.15, 0.2) is 0 Å². The van der Waals surface area contributed by atoms with Gasteiger partial charge in [-0.2, -0.15) is 0 Å². The SMILES string of the molecule is C/C=C/C=C/C(=O)O.[H-].[H-].[K+].[Na+]. The second-order valence-electron chi connectivity index (χ2n) is 1.22. The molecule has 48 valence electrons. The third-order valence-electron chi connectivity index (χ3n) is 0.542. The number of hydrogen-bond acceptors (Lipinski definition) is 1. The maximum atomic E-state index is 9.75. The van der Waals surface area contributed by atoms with Crippen molar-refractivity contribution in [3.63, 3.8) is 0 Å². The second-order valence-corrected chi connectivity index (χ2v) is 1.22. The average molecular weight is 176 g/mol. The molecule has 0 spiro atoms. The van der Waals surface area contributed by atoms with Gasteiger partial charge in [0, 0.05) is 6.08 Å². The van der Waals surface area contributed by atoms with E-state index in [9.17, 15) is 4.79 Å². The normalized spacial score (nSPS) is 8.90. The molecule has 0 aromatic rings. The Labute approximate surface area is 128 Å². The second kappa shape index (κ2) is 13.2. The van der Waals surface area contributed by atoms with Crippen molar-refractivity contribution in [3.8, 4) is 0 Å². The zero-order valence-corrected chi connectivity index (χ0v) is 11.8. The largest absolute Gasteiger partial charge is 1.00 e. The standard InChI is InChI=1S/C6H8O2.K.Na.2H/c1-2-3-4-5-6(7)8;;;;/h2-5H,1H3,(H,7,8);;;;/q;2*+1;2*-1/b3-2+,5-4+;;;;. The molecular weight excluding hydrogens is 166 g/mol. The van der Waals surface area contributed by atoms with Crippen LogP contribution in [-0.4, -0.2) is 11.1 Å². The van der Waals surface area contributed by atoms with Crippen LogP contribution in [0.15, 0.2) is 24.3 Å². The topological polar surface area (TPSA) is 37.3 Å². The van der Waals surface area contributed by atoms with E-state index in [1.54, 1.807) is 12.2 Å². The first-order chi connectivity index (χ1) is 3.77. The first kappa shape index (κ1) is 17.6. The Hall–Kier alpha value is 1.59. The predicted octanol–water partition coefficient (Wildman–Crippen LogP) is -4.56. The molecule has 0 amide bonds. The molecule has 0 unspecified atom stereocenters. The van der Waals surface area contributed by atoms with Crippen molar-refractivity contribution in [1.82, 2.24) is 0 Å². The van der Waals surface area contributed by atoms with Crippen molar-refractivity contribution in [1.29, 1.82) is 0 Å². The summed E-state index contributed by atoms with van der Waals surface area (Å²) in [5, 5.41) is 8.02. The molecule has 0 aromatic carbocycles. The van der Waals surface area contributed by atoms with Gasteiger partial charge in [0.1, 0.15) is 0 Å². The van der Waals surface area contributed by atoms with Crippen LogP contribution in [-0.2, 0) is 4.79 Å². The van der Waals surface area contributed by atoms with E-state index in [1.807, 2.05) is 6.92 Å². The van der Waals surface area contributed by atoms with Crippen molar-refractivity contribution in [2.75, 3.05) is 0 Å². The fraction of sp³-hybridized carbons (Fsp3) is 0.167. The van der Waals surface area contributed by atoms with E-state index in [-0.39, 0.29) is 83.8 Å². The average Bonchev–Trinajstić information content (AvgIpc) is 1.66. The summed E-state index contributed by atoms with van der Waals surface area (Å²) in [6.07, 6.45) is 5.98. The van der Waals surface area contributed by atoms with Crippen LogP contribution >= 0.6 is 0 Å². The number of allylic oxidation sites excluding steroid dienone is 3. The minimum atomic E-state index is -0.914. The molecule has 4 heteroatoms. The van der Waals surface area contributed by atoms with Crippen LogP contribution in [0.1, 0.15) is 9.78 Å². The van der Waals surface area contributed by atoms with Gasteiger partial charge < -0.3 is 7.96 Å². The summed E-state index contributed by atoms with van der Waals surface area (Å²) >= 11 is 0. The van der Waals surface area contributed by atoms with Gasteiger partial charge in [-0.1, -0.05) is 18.2 Å². The third-order valence-corrected chi connectivity index (χ3v) is 0.542. The van der Waals surface area contributed by atoms with E-state index in [0.717, 1.165) is 6.08 Å². The van der Waals surface area contributed by atoms with E-state index in [1.165, 1.54) is 6.08 Å². The third kappa shape index (κ3) is 16.3. The molecule has 0 radical (unpaired) electrons. The Morgan fingerprint density at radius 1 is 1.50 bits per heavy atom. The minimum absolute atomic E-state index is 0. The maximum Gasteiger partial charge on any atom is 1.00 e. The number of carboxylic acids is 1. The molecule has 2 nitrogen and oxygen atoms in total. The summed E-state index contributed by atoms with van der Waals surface area (Å²) in [6, 6.07) is 0. The summed E-state index contributed by atoms with van der Waals surface area (Å²) in [7, 11) is 0. The molecule has 0 fully saturated rings. The van der Waals surface area contributed by atoms with Crippen LogP contribution in [0, 0.1) is 0 Å². The van der Waals surface area contributed by atoms with Gasteiger partial charge in [0.25, 0.3) is 0 Å². The Bertz CT molecular complexity index is 140. The summed E-state index contributed by atoms with van der Waals surface area (Å²) in [6.45, 7) is 1.83. The van der Waals surface area contributed by atoms with E-state index in [2.05, 4.69) is 0 Å². The zero-order chi connectivity index (χ0) is 6.41.